The number of carboxylic acid groups (broad SMARTS) is 2. The largest absolute Gasteiger partial charge is 0.481 e. The number of alkyl halides is 1. The van der Waals surface area contributed by atoms with E-state index in [1.165, 1.54) is 44.4 Å². The van der Waals surface area contributed by atoms with Gasteiger partial charge in [-0.05, 0) is 6.92 Å². The van der Waals surface area contributed by atoms with Gasteiger partial charge in [-0.25, -0.2) is 4.79 Å². The highest BCUT2D eigenvalue weighted by Gasteiger charge is 2.43. The van der Waals surface area contributed by atoms with Crippen LogP contribution in [0.1, 0.15) is 26.2 Å². The molecule has 0 aliphatic heterocycles. The SMILES string of the molecule is C1CC1.CC1(C(=O)O)C=CC=C(C(=O)O)C1Cl. The van der Waals surface area contributed by atoms with E-state index in [0.29, 0.717) is 0 Å². The van der Waals surface area contributed by atoms with Crippen LogP contribution in [0.2, 0.25) is 0 Å². The number of allylic oxidation sites excluding steroid dienone is 2. The van der Waals surface area contributed by atoms with Crippen LogP contribution >= 0.6 is 11.6 Å². The van der Waals surface area contributed by atoms with Crippen molar-refractivity contribution >= 4 is 23.5 Å². The third-order valence-electron chi connectivity index (χ3n) is 2.58. The van der Waals surface area contributed by atoms with Gasteiger partial charge in [-0.1, -0.05) is 37.5 Å². The van der Waals surface area contributed by atoms with E-state index in [1.54, 1.807) is 0 Å². The summed E-state index contributed by atoms with van der Waals surface area (Å²) in [7, 11) is 0. The van der Waals surface area contributed by atoms with Crippen LogP contribution in [-0.2, 0) is 9.59 Å². The maximum atomic E-state index is 10.9. The standard InChI is InChI=1S/C9H9ClO4.C3H6/c1-9(8(13)14)4-2-3-5(6(9)10)7(11)12;1-2-3-1/h2-4,6H,1H3,(H,11,12)(H,13,14);1-3H2. The minimum absolute atomic E-state index is 0.0981. The molecule has 0 saturated heterocycles. The van der Waals surface area contributed by atoms with Gasteiger partial charge < -0.3 is 10.2 Å². The van der Waals surface area contributed by atoms with E-state index in [4.69, 9.17) is 21.8 Å². The van der Waals surface area contributed by atoms with Gasteiger partial charge in [0, 0.05) is 0 Å². The summed E-state index contributed by atoms with van der Waals surface area (Å²) >= 11 is 5.80. The van der Waals surface area contributed by atoms with E-state index in [1.807, 2.05) is 0 Å². The van der Waals surface area contributed by atoms with Gasteiger partial charge in [-0.2, -0.15) is 0 Å². The van der Waals surface area contributed by atoms with Crippen LogP contribution in [0.3, 0.4) is 0 Å². The lowest BCUT2D eigenvalue weighted by atomic mass is 9.79. The van der Waals surface area contributed by atoms with Crippen molar-refractivity contribution in [3.05, 3.63) is 23.8 Å². The maximum Gasteiger partial charge on any atom is 0.333 e. The number of halogens is 1. The summed E-state index contributed by atoms with van der Waals surface area (Å²) in [5, 5.41) is 16.6. The molecule has 2 aliphatic carbocycles. The lowest BCUT2D eigenvalue weighted by Gasteiger charge is -2.29. The average Bonchev–Trinajstić information content (AvgIpc) is 3.08. The fourth-order valence-electron chi connectivity index (χ4n) is 1.20. The Bertz CT molecular complexity index is 381. The van der Waals surface area contributed by atoms with Crippen molar-refractivity contribution in [3.8, 4) is 0 Å². The first-order valence-corrected chi connectivity index (χ1v) is 5.83. The minimum Gasteiger partial charge on any atom is -0.481 e. The topological polar surface area (TPSA) is 74.6 Å². The Labute approximate surface area is 105 Å². The Balaban J connectivity index is 0.000000415. The van der Waals surface area contributed by atoms with Crippen molar-refractivity contribution in [1.82, 2.24) is 0 Å². The molecule has 0 radical (unpaired) electrons. The van der Waals surface area contributed by atoms with E-state index in [0.717, 1.165) is 0 Å². The molecule has 5 heteroatoms. The zero-order valence-electron chi connectivity index (χ0n) is 9.52. The first-order chi connectivity index (χ1) is 7.89. The van der Waals surface area contributed by atoms with E-state index < -0.39 is 22.7 Å². The summed E-state index contributed by atoms with van der Waals surface area (Å²) in [4.78, 5) is 21.6. The van der Waals surface area contributed by atoms with Crippen molar-refractivity contribution in [3.63, 3.8) is 0 Å². The van der Waals surface area contributed by atoms with E-state index >= 15 is 0 Å². The summed E-state index contributed by atoms with van der Waals surface area (Å²) in [5.74, 6) is -2.33. The molecule has 0 aromatic carbocycles. The molecule has 2 N–H and O–H groups in total. The summed E-state index contributed by atoms with van der Waals surface area (Å²) in [6, 6.07) is 0. The number of carboxylic acids is 2. The van der Waals surface area contributed by atoms with Gasteiger partial charge in [-0.15, -0.1) is 11.6 Å². The Morgan fingerprint density at radius 3 is 2.24 bits per heavy atom. The predicted molar refractivity (Wildman–Crippen MR) is 64.1 cm³/mol. The first kappa shape index (κ1) is 13.8. The van der Waals surface area contributed by atoms with Crippen LogP contribution in [0, 0.1) is 5.41 Å². The molecule has 1 saturated carbocycles. The van der Waals surface area contributed by atoms with Gasteiger partial charge in [0.25, 0.3) is 0 Å². The normalized spacial score (nSPS) is 29.8. The minimum atomic E-state index is -1.36. The van der Waals surface area contributed by atoms with Crippen LogP contribution in [-0.4, -0.2) is 27.5 Å². The molecule has 0 aromatic rings. The first-order valence-electron chi connectivity index (χ1n) is 5.40. The molecule has 2 unspecified atom stereocenters. The number of hydrogen-bond acceptors (Lipinski definition) is 2. The smallest absolute Gasteiger partial charge is 0.333 e. The van der Waals surface area contributed by atoms with Crippen LogP contribution in [0.5, 0.6) is 0 Å². The number of hydrogen-bond donors (Lipinski definition) is 2. The molecule has 0 bridgehead atoms. The molecular weight excluding hydrogens is 244 g/mol. The third kappa shape index (κ3) is 3.33. The Morgan fingerprint density at radius 1 is 1.35 bits per heavy atom. The lowest BCUT2D eigenvalue weighted by molar-refractivity contribution is -0.145. The van der Waals surface area contributed by atoms with Crippen molar-refractivity contribution in [1.29, 1.82) is 0 Å². The van der Waals surface area contributed by atoms with Gasteiger partial charge in [0.15, 0.2) is 0 Å². The Morgan fingerprint density at radius 2 is 1.88 bits per heavy atom. The van der Waals surface area contributed by atoms with Crippen LogP contribution < -0.4 is 0 Å². The van der Waals surface area contributed by atoms with Crippen molar-refractivity contribution in [2.75, 3.05) is 0 Å². The van der Waals surface area contributed by atoms with Gasteiger partial charge in [0.1, 0.15) is 5.41 Å². The molecule has 4 nitrogen and oxygen atoms in total. The van der Waals surface area contributed by atoms with Gasteiger partial charge in [0.05, 0.1) is 11.0 Å². The summed E-state index contributed by atoms with van der Waals surface area (Å²) in [6.07, 6.45) is 8.60. The summed E-state index contributed by atoms with van der Waals surface area (Å²) < 4.78 is 0. The van der Waals surface area contributed by atoms with Gasteiger partial charge in [-0.3, -0.25) is 4.79 Å². The van der Waals surface area contributed by atoms with Crippen LogP contribution in [0.25, 0.3) is 0 Å². The fourth-order valence-corrected chi connectivity index (χ4v) is 1.54. The summed E-state index contributed by atoms with van der Waals surface area (Å²) in [6.45, 7) is 1.39. The number of carbonyl (C=O) groups is 2. The third-order valence-corrected chi connectivity index (χ3v) is 3.27. The zero-order chi connectivity index (χ0) is 13.1. The molecule has 2 atom stereocenters. The molecule has 0 amide bonds. The highest BCUT2D eigenvalue weighted by Crippen LogP contribution is 2.36. The van der Waals surface area contributed by atoms with E-state index in [-0.39, 0.29) is 5.57 Å². The van der Waals surface area contributed by atoms with E-state index in [2.05, 4.69) is 0 Å². The highest BCUT2D eigenvalue weighted by molar-refractivity contribution is 6.27. The van der Waals surface area contributed by atoms with Gasteiger partial charge in [0.2, 0.25) is 0 Å². The molecular formula is C12H15ClO4. The van der Waals surface area contributed by atoms with Gasteiger partial charge >= 0.3 is 11.9 Å². The molecule has 17 heavy (non-hydrogen) atoms. The average molecular weight is 259 g/mol. The maximum absolute atomic E-state index is 10.9. The lowest BCUT2D eigenvalue weighted by Crippen LogP contribution is -2.39. The van der Waals surface area contributed by atoms with Crippen LogP contribution in [0.4, 0.5) is 0 Å². The second-order valence-electron chi connectivity index (χ2n) is 4.30. The Kier molecular flexibility index (Phi) is 4.34. The molecule has 2 rings (SSSR count). The summed E-state index contributed by atoms with van der Waals surface area (Å²) in [5.41, 5.74) is -1.46. The highest BCUT2D eigenvalue weighted by atomic mass is 35.5. The monoisotopic (exact) mass is 258 g/mol. The second-order valence-corrected chi connectivity index (χ2v) is 4.73. The quantitative estimate of drug-likeness (QED) is 0.746. The fraction of sp³-hybridized carbons (Fsp3) is 0.500. The number of aliphatic carboxylic acids is 2. The van der Waals surface area contributed by atoms with E-state index in [9.17, 15) is 9.59 Å². The Hall–Kier alpha value is -1.29. The molecule has 0 aromatic heterocycles. The molecule has 0 heterocycles. The molecule has 2 aliphatic rings. The molecule has 0 spiro atoms. The molecule has 1 fully saturated rings. The molecule has 94 valence electrons. The second kappa shape index (κ2) is 5.36. The zero-order valence-corrected chi connectivity index (χ0v) is 10.3. The van der Waals surface area contributed by atoms with Crippen molar-refractivity contribution in [2.45, 2.75) is 31.6 Å². The van der Waals surface area contributed by atoms with Crippen molar-refractivity contribution < 1.29 is 19.8 Å². The predicted octanol–water partition coefficient (Wildman–Crippen LogP) is 2.44. The number of rotatable bonds is 2. The van der Waals surface area contributed by atoms with Crippen molar-refractivity contribution in [2.24, 2.45) is 5.41 Å². The van der Waals surface area contributed by atoms with Crippen LogP contribution in [0.15, 0.2) is 23.8 Å².